The summed E-state index contributed by atoms with van der Waals surface area (Å²) in [5.74, 6) is 0.0327. The minimum atomic E-state index is 0.0327. The molecule has 4 nitrogen and oxygen atoms in total. The first kappa shape index (κ1) is 12.0. The monoisotopic (exact) mass is 250 g/mol. The van der Waals surface area contributed by atoms with E-state index in [1.165, 1.54) is 11.3 Å². The van der Waals surface area contributed by atoms with Gasteiger partial charge in [-0.25, -0.2) is 0 Å². The second-order valence-electron chi connectivity index (χ2n) is 3.77. The molecule has 0 atom stereocenters. The van der Waals surface area contributed by atoms with Gasteiger partial charge in [-0.15, -0.1) is 11.3 Å². The van der Waals surface area contributed by atoms with Crippen LogP contribution in [0, 0.1) is 6.92 Å². The second-order valence-corrected chi connectivity index (χ2v) is 5.06. The van der Waals surface area contributed by atoms with Gasteiger partial charge in [-0.3, -0.25) is 9.48 Å². The number of ketones is 1. The van der Waals surface area contributed by atoms with Crippen LogP contribution in [0.25, 0.3) is 0 Å². The number of rotatable bonds is 5. The molecule has 0 N–H and O–H groups in total. The van der Waals surface area contributed by atoms with Crippen molar-refractivity contribution in [2.24, 2.45) is 7.05 Å². The first-order valence-electron chi connectivity index (χ1n) is 5.31. The Hall–Kier alpha value is -1.46. The smallest absolute Gasteiger partial charge is 0.198 e. The predicted octanol–water partition coefficient (Wildman–Crippen LogP) is 2.19. The lowest BCUT2D eigenvalue weighted by molar-refractivity contribution is 0.0718. The summed E-state index contributed by atoms with van der Waals surface area (Å²) >= 11 is 1.50. The maximum atomic E-state index is 11.7. The van der Waals surface area contributed by atoms with Gasteiger partial charge in [0.2, 0.25) is 0 Å². The quantitative estimate of drug-likeness (QED) is 0.764. The molecule has 0 aromatic carbocycles. The summed E-state index contributed by atoms with van der Waals surface area (Å²) in [4.78, 5) is 13.6. The SMILES string of the molecule is Cc1ccc(C(=O)COCc2ccnn2C)s1. The molecular weight excluding hydrogens is 236 g/mol. The van der Waals surface area contributed by atoms with Crippen molar-refractivity contribution in [3.05, 3.63) is 39.8 Å². The van der Waals surface area contributed by atoms with Crippen molar-refractivity contribution in [1.29, 1.82) is 0 Å². The van der Waals surface area contributed by atoms with Crippen LogP contribution in [0.15, 0.2) is 24.4 Å². The van der Waals surface area contributed by atoms with Crippen LogP contribution in [0.4, 0.5) is 0 Å². The number of Topliss-reactive ketones (excluding diaryl/α,β-unsaturated/α-hetero) is 1. The summed E-state index contributed by atoms with van der Waals surface area (Å²) in [6.07, 6.45) is 1.71. The predicted molar refractivity (Wildman–Crippen MR) is 66.3 cm³/mol. The molecule has 0 saturated carbocycles. The van der Waals surface area contributed by atoms with Crippen molar-refractivity contribution in [3.63, 3.8) is 0 Å². The number of carbonyl (C=O) groups excluding carboxylic acids is 1. The van der Waals surface area contributed by atoms with Crippen LogP contribution in [0.2, 0.25) is 0 Å². The van der Waals surface area contributed by atoms with E-state index in [0.29, 0.717) is 6.61 Å². The first-order valence-corrected chi connectivity index (χ1v) is 6.13. The summed E-state index contributed by atoms with van der Waals surface area (Å²) in [7, 11) is 1.85. The summed E-state index contributed by atoms with van der Waals surface area (Å²) in [6.45, 7) is 2.51. The number of thiophene rings is 1. The molecule has 0 amide bonds. The molecule has 0 saturated heterocycles. The Morgan fingerprint density at radius 2 is 2.29 bits per heavy atom. The van der Waals surface area contributed by atoms with E-state index < -0.39 is 0 Å². The Morgan fingerprint density at radius 1 is 1.47 bits per heavy atom. The van der Waals surface area contributed by atoms with Crippen LogP contribution in [0.1, 0.15) is 20.2 Å². The summed E-state index contributed by atoms with van der Waals surface area (Å²) in [5.41, 5.74) is 0.958. The summed E-state index contributed by atoms with van der Waals surface area (Å²) < 4.78 is 7.12. The summed E-state index contributed by atoms with van der Waals surface area (Å²) in [5, 5.41) is 4.03. The van der Waals surface area contributed by atoms with Gasteiger partial charge in [-0.2, -0.15) is 5.10 Å². The standard InChI is InChI=1S/C12H14N2O2S/c1-9-3-4-12(17-9)11(15)8-16-7-10-5-6-13-14(10)2/h3-6H,7-8H2,1-2H3. The zero-order valence-electron chi connectivity index (χ0n) is 9.84. The van der Waals surface area contributed by atoms with Crippen molar-refractivity contribution >= 4 is 17.1 Å². The largest absolute Gasteiger partial charge is 0.367 e. The number of hydrogen-bond acceptors (Lipinski definition) is 4. The van der Waals surface area contributed by atoms with Crippen LogP contribution in [-0.2, 0) is 18.4 Å². The number of aromatic nitrogens is 2. The van der Waals surface area contributed by atoms with Gasteiger partial charge in [0.1, 0.15) is 6.61 Å². The molecule has 2 aromatic heterocycles. The highest BCUT2D eigenvalue weighted by Gasteiger charge is 2.08. The topological polar surface area (TPSA) is 44.1 Å². The minimum absolute atomic E-state index is 0.0327. The lowest BCUT2D eigenvalue weighted by Crippen LogP contribution is -2.09. The van der Waals surface area contributed by atoms with Crippen LogP contribution < -0.4 is 0 Å². The molecule has 0 aliphatic rings. The Labute approximate surface area is 104 Å². The molecule has 2 rings (SSSR count). The number of ether oxygens (including phenoxy) is 1. The zero-order valence-corrected chi connectivity index (χ0v) is 10.7. The normalized spacial score (nSPS) is 10.7. The molecule has 2 aromatic rings. The van der Waals surface area contributed by atoms with Gasteiger partial charge in [-0.1, -0.05) is 0 Å². The zero-order chi connectivity index (χ0) is 12.3. The third-order valence-corrected chi connectivity index (χ3v) is 3.46. The molecule has 0 radical (unpaired) electrons. The molecule has 0 aliphatic heterocycles. The molecule has 17 heavy (non-hydrogen) atoms. The van der Waals surface area contributed by atoms with Gasteiger partial charge in [0.25, 0.3) is 0 Å². The highest BCUT2D eigenvalue weighted by atomic mass is 32.1. The fourth-order valence-electron chi connectivity index (χ4n) is 1.45. The number of carbonyl (C=O) groups is 1. The van der Waals surface area contributed by atoms with E-state index >= 15 is 0 Å². The molecule has 0 fully saturated rings. The van der Waals surface area contributed by atoms with Crippen LogP contribution >= 0.6 is 11.3 Å². The van der Waals surface area contributed by atoms with Crippen molar-refractivity contribution in [2.75, 3.05) is 6.61 Å². The lowest BCUT2D eigenvalue weighted by atomic mass is 10.3. The molecule has 0 aliphatic carbocycles. The first-order chi connectivity index (χ1) is 8.16. The summed E-state index contributed by atoms with van der Waals surface area (Å²) in [6, 6.07) is 5.66. The number of aryl methyl sites for hydroxylation is 2. The van der Waals surface area contributed by atoms with Crippen LogP contribution in [-0.4, -0.2) is 22.2 Å². The average molecular weight is 250 g/mol. The van der Waals surface area contributed by atoms with Gasteiger partial charge < -0.3 is 4.74 Å². The third-order valence-electron chi connectivity index (χ3n) is 2.42. The van der Waals surface area contributed by atoms with E-state index in [2.05, 4.69) is 5.10 Å². The fraction of sp³-hybridized carbons (Fsp3) is 0.333. The molecule has 0 bridgehead atoms. The Kier molecular flexibility index (Phi) is 3.71. The van der Waals surface area contributed by atoms with E-state index in [1.54, 1.807) is 10.9 Å². The fourth-order valence-corrected chi connectivity index (χ4v) is 2.24. The highest BCUT2D eigenvalue weighted by Crippen LogP contribution is 2.15. The molecule has 5 heteroatoms. The number of hydrogen-bond donors (Lipinski definition) is 0. The van der Waals surface area contributed by atoms with Crippen molar-refractivity contribution in [2.45, 2.75) is 13.5 Å². The second kappa shape index (κ2) is 5.25. The number of nitrogens with zero attached hydrogens (tertiary/aromatic N) is 2. The van der Waals surface area contributed by atoms with Crippen LogP contribution in [0.5, 0.6) is 0 Å². The maximum absolute atomic E-state index is 11.7. The van der Waals surface area contributed by atoms with Gasteiger partial charge >= 0.3 is 0 Å². The van der Waals surface area contributed by atoms with Gasteiger partial charge in [0.05, 0.1) is 17.2 Å². The third kappa shape index (κ3) is 3.01. The van der Waals surface area contributed by atoms with E-state index in [9.17, 15) is 4.79 Å². The van der Waals surface area contributed by atoms with Gasteiger partial charge in [0, 0.05) is 18.1 Å². The Morgan fingerprint density at radius 3 is 2.88 bits per heavy atom. The Bertz CT molecular complexity index is 516. The molecule has 0 spiro atoms. The molecular formula is C12H14N2O2S. The van der Waals surface area contributed by atoms with E-state index in [4.69, 9.17) is 4.74 Å². The molecule has 2 heterocycles. The van der Waals surface area contributed by atoms with Crippen molar-refractivity contribution < 1.29 is 9.53 Å². The minimum Gasteiger partial charge on any atom is -0.367 e. The highest BCUT2D eigenvalue weighted by molar-refractivity contribution is 7.14. The lowest BCUT2D eigenvalue weighted by Gasteiger charge is -2.03. The van der Waals surface area contributed by atoms with Crippen molar-refractivity contribution in [1.82, 2.24) is 9.78 Å². The van der Waals surface area contributed by atoms with Crippen molar-refractivity contribution in [3.8, 4) is 0 Å². The van der Waals surface area contributed by atoms with Gasteiger partial charge in [0.15, 0.2) is 5.78 Å². The average Bonchev–Trinajstić information content (AvgIpc) is 2.88. The Balaban J connectivity index is 1.83. The van der Waals surface area contributed by atoms with Gasteiger partial charge in [-0.05, 0) is 25.1 Å². The van der Waals surface area contributed by atoms with Crippen LogP contribution in [0.3, 0.4) is 0 Å². The van der Waals surface area contributed by atoms with E-state index in [0.717, 1.165) is 15.4 Å². The molecule has 0 unspecified atom stereocenters. The van der Waals surface area contributed by atoms with E-state index in [-0.39, 0.29) is 12.4 Å². The molecule has 90 valence electrons. The van der Waals surface area contributed by atoms with E-state index in [1.807, 2.05) is 32.2 Å². The maximum Gasteiger partial charge on any atom is 0.198 e.